The second kappa shape index (κ2) is 15.8. The lowest BCUT2D eigenvalue weighted by Gasteiger charge is -2.25. The second-order valence-corrected chi connectivity index (χ2v) is 8.37. The third kappa shape index (κ3) is 12.0. The van der Waals surface area contributed by atoms with Crippen molar-refractivity contribution in [3.05, 3.63) is 18.2 Å². The fraction of sp³-hybridized carbons (Fsp3) is 0.571. The average molecular weight is 526 g/mol. The van der Waals surface area contributed by atoms with E-state index in [1.807, 2.05) is 0 Å². The van der Waals surface area contributed by atoms with Crippen molar-refractivity contribution < 1.29 is 33.9 Å². The molecule has 1 aromatic rings. The zero-order valence-corrected chi connectivity index (χ0v) is 20.3. The molecule has 206 valence electrons. The Morgan fingerprint density at radius 1 is 0.892 bits per heavy atom. The van der Waals surface area contributed by atoms with Crippen LogP contribution in [-0.2, 0) is 35.2 Å². The lowest BCUT2D eigenvalue weighted by atomic mass is 10.0. The van der Waals surface area contributed by atoms with Crippen molar-refractivity contribution in [2.75, 3.05) is 6.54 Å². The number of aromatic amines is 1. The highest BCUT2D eigenvalue weighted by Crippen LogP contribution is 2.06. The molecule has 0 bridgehead atoms. The van der Waals surface area contributed by atoms with E-state index in [1.165, 1.54) is 12.5 Å². The van der Waals surface area contributed by atoms with Gasteiger partial charge in [-0.15, -0.1) is 0 Å². The normalized spacial score (nSPS) is 14.0. The first kappa shape index (κ1) is 31.0. The van der Waals surface area contributed by atoms with Gasteiger partial charge in [0.2, 0.25) is 29.5 Å². The molecule has 4 unspecified atom stereocenters. The maximum Gasteiger partial charge on any atom is 0.326 e. The van der Waals surface area contributed by atoms with Gasteiger partial charge in [-0.2, -0.15) is 0 Å². The van der Waals surface area contributed by atoms with E-state index in [0.717, 1.165) is 0 Å². The van der Waals surface area contributed by atoms with Crippen LogP contribution in [-0.4, -0.2) is 81.3 Å². The van der Waals surface area contributed by atoms with E-state index in [0.29, 0.717) is 25.1 Å². The Kier molecular flexibility index (Phi) is 13.3. The summed E-state index contributed by atoms with van der Waals surface area (Å²) < 4.78 is 0. The first-order chi connectivity index (χ1) is 17.4. The smallest absolute Gasteiger partial charge is 0.326 e. The fourth-order valence-electron chi connectivity index (χ4n) is 3.27. The number of nitrogens with one attached hydrogen (secondary N) is 4. The highest BCUT2D eigenvalue weighted by Gasteiger charge is 2.30. The molecule has 13 N–H and O–H groups in total. The minimum Gasteiger partial charge on any atom is -0.480 e. The third-order valence-corrected chi connectivity index (χ3v) is 5.24. The minimum atomic E-state index is -1.37. The molecule has 1 aromatic heterocycles. The van der Waals surface area contributed by atoms with Gasteiger partial charge >= 0.3 is 5.97 Å². The van der Waals surface area contributed by atoms with Crippen LogP contribution in [0.2, 0.25) is 0 Å². The van der Waals surface area contributed by atoms with Gasteiger partial charge in [0, 0.05) is 24.7 Å². The Labute approximate surface area is 212 Å². The van der Waals surface area contributed by atoms with Crippen molar-refractivity contribution >= 4 is 35.5 Å². The number of carboxylic acid groups (broad SMARTS) is 1. The number of carbonyl (C=O) groups is 6. The number of nitrogens with zero attached hydrogens (tertiary/aromatic N) is 1. The highest BCUT2D eigenvalue weighted by atomic mass is 16.4. The van der Waals surface area contributed by atoms with Crippen LogP contribution in [0, 0.1) is 0 Å². The Morgan fingerprint density at radius 2 is 1.49 bits per heavy atom. The number of hydrogen-bond donors (Lipinski definition) is 9. The molecule has 1 heterocycles. The summed E-state index contributed by atoms with van der Waals surface area (Å²) in [6, 6.07) is -5.18. The van der Waals surface area contributed by atoms with E-state index in [2.05, 4.69) is 25.9 Å². The largest absolute Gasteiger partial charge is 0.480 e. The van der Waals surface area contributed by atoms with Crippen LogP contribution in [0.4, 0.5) is 0 Å². The molecule has 0 aliphatic heterocycles. The molecule has 0 fully saturated rings. The van der Waals surface area contributed by atoms with Crippen LogP contribution < -0.4 is 38.9 Å². The summed E-state index contributed by atoms with van der Waals surface area (Å²) in [5.74, 6) is -5.36. The Hall–Kier alpha value is -4.05. The summed E-state index contributed by atoms with van der Waals surface area (Å²) in [5, 5.41) is 16.7. The Morgan fingerprint density at radius 3 is 2.00 bits per heavy atom. The van der Waals surface area contributed by atoms with E-state index in [4.69, 9.17) is 22.9 Å². The number of aromatic nitrogens is 2. The van der Waals surface area contributed by atoms with Crippen LogP contribution in [0.3, 0.4) is 0 Å². The van der Waals surface area contributed by atoms with Gasteiger partial charge in [-0.1, -0.05) is 0 Å². The molecule has 0 saturated carbocycles. The van der Waals surface area contributed by atoms with Crippen LogP contribution in [0.25, 0.3) is 0 Å². The molecule has 16 heteroatoms. The van der Waals surface area contributed by atoms with Crippen LogP contribution >= 0.6 is 0 Å². The number of rotatable bonds is 18. The molecule has 4 atom stereocenters. The topological polar surface area (TPSA) is 292 Å². The maximum absolute atomic E-state index is 13.0. The number of unbranched alkanes of at least 4 members (excludes halogenated alkanes) is 1. The van der Waals surface area contributed by atoms with Gasteiger partial charge in [-0.3, -0.25) is 24.0 Å². The number of primary amides is 2. The summed E-state index contributed by atoms with van der Waals surface area (Å²) >= 11 is 0. The quantitative estimate of drug-likeness (QED) is 0.0839. The molecule has 0 aliphatic rings. The van der Waals surface area contributed by atoms with E-state index in [1.54, 1.807) is 0 Å². The molecular formula is C21H35N9O7. The summed E-state index contributed by atoms with van der Waals surface area (Å²) in [7, 11) is 0. The van der Waals surface area contributed by atoms with E-state index in [-0.39, 0.29) is 25.7 Å². The average Bonchev–Trinajstić information content (AvgIpc) is 3.32. The number of amides is 5. The molecule has 16 nitrogen and oxygen atoms in total. The second-order valence-electron chi connectivity index (χ2n) is 8.37. The van der Waals surface area contributed by atoms with Gasteiger partial charge in [0.25, 0.3) is 0 Å². The molecule has 5 amide bonds. The summed E-state index contributed by atoms with van der Waals surface area (Å²) in [5.41, 5.74) is 21.8. The minimum absolute atomic E-state index is 0.118. The number of carbonyl (C=O) groups excluding carboxylic acids is 5. The predicted molar refractivity (Wildman–Crippen MR) is 129 cm³/mol. The zero-order chi connectivity index (χ0) is 28.0. The van der Waals surface area contributed by atoms with Crippen molar-refractivity contribution in [1.29, 1.82) is 0 Å². The number of aliphatic carboxylic acids is 1. The standard InChI is InChI=1S/C21H35N9O7/c22-6-2-1-3-13(28-18(33)12(23)8-17(25)32)19(34)29-14(4-5-16(24)31)20(35)30-15(21(36)37)7-11-9-26-10-27-11/h9-10,12-15H,1-8,22-23H2,(H2,24,31)(H2,25,32)(H,26,27)(H,28,33)(H,29,34)(H,30,35)(H,36,37). The Bertz CT molecular complexity index is 939. The van der Waals surface area contributed by atoms with Crippen molar-refractivity contribution in [3.8, 4) is 0 Å². The van der Waals surface area contributed by atoms with Crippen LogP contribution in [0.15, 0.2) is 12.5 Å². The molecule has 0 aliphatic carbocycles. The van der Waals surface area contributed by atoms with Gasteiger partial charge in [-0.05, 0) is 32.2 Å². The highest BCUT2D eigenvalue weighted by molar-refractivity contribution is 5.95. The van der Waals surface area contributed by atoms with Crippen molar-refractivity contribution in [1.82, 2.24) is 25.9 Å². The monoisotopic (exact) mass is 525 g/mol. The van der Waals surface area contributed by atoms with Gasteiger partial charge < -0.3 is 49.0 Å². The van der Waals surface area contributed by atoms with Crippen molar-refractivity contribution in [3.63, 3.8) is 0 Å². The third-order valence-electron chi connectivity index (χ3n) is 5.24. The number of hydrogen-bond acceptors (Lipinski definition) is 9. The lowest BCUT2D eigenvalue weighted by molar-refractivity contribution is -0.142. The number of carboxylic acids is 1. The number of nitrogens with two attached hydrogens (primary N) is 4. The molecule has 1 rings (SSSR count). The van der Waals surface area contributed by atoms with Crippen molar-refractivity contribution in [2.24, 2.45) is 22.9 Å². The van der Waals surface area contributed by atoms with Gasteiger partial charge in [0.15, 0.2) is 0 Å². The van der Waals surface area contributed by atoms with Gasteiger partial charge in [0.1, 0.15) is 18.1 Å². The first-order valence-corrected chi connectivity index (χ1v) is 11.6. The van der Waals surface area contributed by atoms with E-state index >= 15 is 0 Å². The lowest BCUT2D eigenvalue weighted by Crippen LogP contribution is -2.57. The van der Waals surface area contributed by atoms with Crippen molar-refractivity contribution in [2.45, 2.75) is 69.1 Å². The zero-order valence-electron chi connectivity index (χ0n) is 20.3. The SMILES string of the molecule is NCCCCC(NC(=O)C(N)CC(N)=O)C(=O)NC(CCC(N)=O)C(=O)NC(Cc1cnc[nH]1)C(=O)O. The van der Waals surface area contributed by atoms with Gasteiger partial charge in [0.05, 0.1) is 18.8 Å². The first-order valence-electron chi connectivity index (χ1n) is 11.6. The van der Waals surface area contributed by atoms with Gasteiger partial charge in [-0.25, -0.2) is 9.78 Å². The fourth-order valence-corrected chi connectivity index (χ4v) is 3.27. The number of imidazole rings is 1. The predicted octanol–water partition coefficient (Wildman–Crippen LogP) is -3.91. The van der Waals surface area contributed by atoms with E-state index < -0.39 is 66.1 Å². The summed E-state index contributed by atoms with van der Waals surface area (Å²) in [6.45, 7) is 0.333. The van der Waals surface area contributed by atoms with Crippen LogP contribution in [0.5, 0.6) is 0 Å². The van der Waals surface area contributed by atoms with E-state index in [9.17, 15) is 33.9 Å². The molecule has 0 radical (unpaired) electrons. The molecule has 0 spiro atoms. The Balaban J connectivity index is 3.01. The summed E-state index contributed by atoms with van der Waals surface area (Å²) in [4.78, 5) is 78.9. The molecular weight excluding hydrogens is 490 g/mol. The van der Waals surface area contributed by atoms with Crippen LogP contribution in [0.1, 0.15) is 44.2 Å². The molecule has 37 heavy (non-hydrogen) atoms. The molecule has 0 aromatic carbocycles. The maximum atomic E-state index is 13.0. The molecule has 0 saturated heterocycles. The summed E-state index contributed by atoms with van der Waals surface area (Å²) in [6.07, 6.45) is 2.76. The number of H-pyrrole nitrogens is 1.